The van der Waals surface area contributed by atoms with Gasteiger partial charge in [-0.3, -0.25) is 14.6 Å². The molecule has 3 saturated carbocycles. The molecule has 2 aromatic carbocycles. The van der Waals surface area contributed by atoms with Crippen LogP contribution in [0, 0.1) is 11.7 Å². The molecule has 0 radical (unpaired) electrons. The quantitative estimate of drug-likeness (QED) is 0.439. The molecule has 0 aliphatic heterocycles. The highest BCUT2D eigenvalue weighted by molar-refractivity contribution is 7.89. The first-order chi connectivity index (χ1) is 17.2. The fourth-order valence-corrected chi connectivity index (χ4v) is 6.24. The Bertz CT molecular complexity index is 1360. The molecule has 7 nitrogen and oxygen atoms in total. The van der Waals surface area contributed by atoms with Crippen molar-refractivity contribution in [3.05, 3.63) is 95.6 Å². The van der Waals surface area contributed by atoms with Crippen LogP contribution in [-0.4, -0.2) is 36.7 Å². The maximum absolute atomic E-state index is 13.2. The molecule has 1 heterocycles. The van der Waals surface area contributed by atoms with Gasteiger partial charge in [0, 0.05) is 23.0 Å². The van der Waals surface area contributed by atoms with Gasteiger partial charge in [0.2, 0.25) is 10.0 Å². The molecule has 9 heteroatoms. The first kappa shape index (κ1) is 24.3. The minimum Gasteiger partial charge on any atom is -0.342 e. The fourth-order valence-electron chi connectivity index (χ4n) is 4.86. The second kappa shape index (κ2) is 9.55. The largest absolute Gasteiger partial charge is 0.342 e. The van der Waals surface area contributed by atoms with E-state index < -0.39 is 27.8 Å². The predicted molar refractivity (Wildman–Crippen MR) is 131 cm³/mol. The van der Waals surface area contributed by atoms with Crippen LogP contribution in [0.4, 0.5) is 4.39 Å². The van der Waals surface area contributed by atoms with E-state index in [1.54, 1.807) is 0 Å². The van der Waals surface area contributed by atoms with Crippen molar-refractivity contribution in [2.24, 2.45) is 5.92 Å². The van der Waals surface area contributed by atoms with Crippen LogP contribution in [0.5, 0.6) is 0 Å². The average molecular weight is 508 g/mol. The first-order valence-electron chi connectivity index (χ1n) is 11.8. The summed E-state index contributed by atoms with van der Waals surface area (Å²) in [4.78, 5) is 30.2. The Balaban J connectivity index is 1.28. The van der Waals surface area contributed by atoms with Crippen molar-refractivity contribution in [2.45, 2.75) is 48.6 Å². The molecule has 3 aliphatic carbocycles. The molecule has 0 spiro atoms. The summed E-state index contributed by atoms with van der Waals surface area (Å²) < 4.78 is 41.4. The summed E-state index contributed by atoms with van der Waals surface area (Å²) in [5, 5.41) is 2.76. The number of pyridine rings is 1. The second-order valence-corrected chi connectivity index (χ2v) is 11.4. The van der Waals surface area contributed by atoms with Crippen molar-refractivity contribution < 1.29 is 22.4 Å². The van der Waals surface area contributed by atoms with Crippen LogP contribution in [0.1, 0.15) is 40.9 Å². The van der Waals surface area contributed by atoms with E-state index in [9.17, 15) is 22.4 Å². The van der Waals surface area contributed by atoms with Crippen molar-refractivity contribution in [2.75, 3.05) is 0 Å². The summed E-state index contributed by atoms with van der Waals surface area (Å²) in [6, 6.07) is 16.5. The number of benzene rings is 2. The molecule has 2 bridgehead atoms. The number of nitrogens with one attached hydrogen (secondary N) is 2. The number of rotatable bonds is 10. The highest BCUT2D eigenvalue weighted by Gasteiger charge is 2.58. The number of nitrogens with zero attached hydrogens (tertiary/aromatic N) is 1. The van der Waals surface area contributed by atoms with Crippen LogP contribution < -0.4 is 10.0 Å². The number of amides is 1. The Morgan fingerprint density at radius 3 is 2.28 bits per heavy atom. The van der Waals surface area contributed by atoms with Gasteiger partial charge >= 0.3 is 0 Å². The van der Waals surface area contributed by atoms with Gasteiger partial charge in [0.25, 0.3) is 5.91 Å². The van der Waals surface area contributed by atoms with Crippen molar-refractivity contribution >= 4 is 21.7 Å². The molecule has 2 N–H and O–H groups in total. The van der Waals surface area contributed by atoms with E-state index in [1.165, 1.54) is 42.6 Å². The number of carbonyl (C=O) groups excluding carboxylic acids is 2. The summed E-state index contributed by atoms with van der Waals surface area (Å²) in [7, 11) is -3.67. The second-order valence-electron chi connectivity index (χ2n) is 9.72. The maximum Gasteiger partial charge on any atom is 0.251 e. The Kier molecular flexibility index (Phi) is 6.44. The zero-order valence-electron chi connectivity index (χ0n) is 19.5. The van der Waals surface area contributed by atoms with Crippen LogP contribution in [-0.2, 0) is 27.7 Å². The lowest BCUT2D eigenvalue weighted by Crippen LogP contribution is -2.67. The van der Waals surface area contributed by atoms with Gasteiger partial charge in [0.1, 0.15) is 10.7 Å². The van der Waals surface area contributed by atoms with Gasteiger partial charge in [0.05, 0.1) is 12.5 Å². The molecular weight excluding hydrogens is 481 g/mol. The topological polar surface area (TPSA) is 105 Å². The van der Waals surface area contributed by atoms with Crippen molar-refractivity contribution in [1.29, 1.82) is 0 Å². The lowest BCUT2D eigenvalue weighted by molar-refractivity contribution is -0.120. The number of Topliss-reactive ketones (excluding diaryl/α,β-unsaturated/α-hetero) is 1. The summed E-state index contributed by atoms with van der Waals surface area (Å²) in [6.45, 7) is 0. The van der Waals surface area contributed by atoms with Gasteiger partial charge in [-0.1, -0.05) is 30.3 Å². The zero-order valence-corrected chi connectivity index (χ0v) is 20.3. The molecule has 1 aromatic heterocycles. The number of hydrogen-bond acceptors (Lipinski definition) is 5. The monoisotopic (exact) mass is 507 g/mol. The molecule has 3 fully saturated rings. The zero-order chi connectivity index (χ0) is 25.3. The Labute approximate surface area is 209 Å². The Morgan fingerprint density at radius 2 is 1.69 bits per heavy atom. The van der Waals surface area contributed by atoms with Gasteiger partial charge in [0.15, 0.2) is 5.78 Å². The van der Waals surface area contributed by atoms with E-state index in [0.29, 0.717) is 11.6 Å². The summed E-state index contributed by atoms with van der Waals surface area (Å²) in [5.74, 6) is -0.575. The van der Waals surface area contributed by atoms with Gasteiger partial charge in [-0.25, -0.2) is 17.5 Å². The lowest BCUT2D eigenvalue weighted by Gasteiger charge is -2.61. The van der Waals surface area contributed by atoms with Gasteiger partial charge in [-0.05, 0) is 73.6 Å². The van der Waals surface area contributed by atoms with Gasteiger partial charge < -0.3 is 5.32 Å². The number of carbonyl (C=O) groups is 2. The highest BCUT2D eigenvalue weighted by atomic mass is 32.2. The standard InChI is InChI=1S/C27H26FN3O4S/c28-21-8-6-20(7-9-21)26(33)30-24(12-18-4-2-1-3-5-18)25(32)13-22-10-11-23(17-29-22)36(34,35)31-27-14-19(15-27)16-27/h1-11,17,19,24,31H,12-16H2,(H,30,33)/t19?,24-,27?/m0/s1. The average Bonchev–Trinajstić information content (AvgIpc) is 2.82. The highest BCUT2D eigenvalue weighted by Crippen LogP contribution is 2.57. The summed E-state index contributed by atoms with van der Waals surface area (Å²) in [6.07, 6.45) is 4.11. The minimum atomic E-state index is -3.67. The number of halogens is 1. The molecule has 3 aliphatic rings. The minimum absolute atomic E-state index is 0.0638. The normalized spacial score (nSPS) is 21.1. The number of sulfonamides is 1. The number of ketones is 1. The van der Waals surface area contributed by atoms with Crippen molar-refractivity contribution in [1.82, 2.24) is 15.0 Å². The predicted octanol–water partition coefficient (Wildman–Crippen LogP) is 3.20. The molecular formula is C27H26FN3O4S. The molecule has 3 aromatic rings. The number of aromatic nitrogens is 1. The molecule has 0 saturated heterocycles. The molecule has 186 valence electrons. The third-order valence-corrected chi connectivity index (χ3v) is 8.50. The summed E-state index contributed by atoms with van der Waals surface area (Å²) in [5.41, 5.74) is 1.22. The number of hydrogen-bond donors (Lipinski definition) is 2. The molecule has 6 rings (SSSR count). The van der Waals surface area contributed by atoms with Crippen molar-refractivity contribution in [3.63, 3.8) is 0 Å². The van der Waals surface area contributed by atoms with Crippen LogP contribution in [0.3, 0.4) is 0 Å². The van der Waals surface area contributed by atoms with Crippen LogP contribution in [0.25, 0.3) is 0 Å². The Hall–Kier alpha value is -3.43. The van der Waals surface area contributed by atoms with Crippen molar-refractivity contribution in [3.8, 4) is 0 Å². The lowest BCUT2D eigenvalue weighted by atomic mass is 9.50. The Morgan fingerprint density at radius 1 is 1.00 bits per heavy atom. The van der Waals surface area contributed by atoms with E-state index in [0.717, 1.165) is 24.8 Å². The smallest absolute Gasteiger partial charge is 0.251 e. The third-order valence-electron chi connectivity index (χ3n) is 6.94. The summed E-state index contributed by atoms with van der Waals surface area (Å²) >= 11 is 0. The molecule has 0 unspecified atom stereocenters. The fraction of sp³-hybridized carbons (Fsp3) is 0.296. The van der Waals surface area contributed by atoms with Crippen LogP contribution in [0.15, 0.2) is 77.8 Å². The van der Waals surface area contributed by atoms with E-state index in [4.69, 9.17) is 0 Å². The van der Waals surface area contributed by atoms with Crippen LogP contribution in [0.2, 0.25) is 0 Å². The maximum atomic E-state index is 13.2. The van der Waals surface area contributed by atoms with Gasteiger partial charge in [-0.15, -0.1) is 0 Å². The SMILES string of the molecule is O=C(N[C@@H](Cc1ccccc1)C(=O)Cc1ccc(S(=O)(=O)NC23CC(C2)C3)cn1)c1ccc(F)cc1. The van der Waals surface area contributed by atoms with Gasteiger partial charge in [-0.2, -0.15) is 0 Å². The van der Waals surface area contributed by atoms with E-state index in [1.807, 2.05) is 30.3 Å². The molecule has 1 amide bonds. The van der Waals surface area contributed by atoms with E-state index in [2.05, 4.69) is 15.0 Å². The molecule has 36 heavy (non-hydrogen) atoms. The van der Waals surface area contributed by atoms with E-state index >= 15 is 0 Å². The van der Waals surface area contributed by atoms with Crippen LogP contribution >= 0.6 is 0 Å². The molecule has 1 atom stereocenters. The van der Waals surface area contributed by atoms with E-state index in [-0.39, 0.29) is 34.6 Å². The first-order valence-corrected chi connectivity index (χ1v) is 13.3. The third kappa shape index (κ3) is 5.22.